The van der Waals surface area contributed by atoms with Crippen molar-refractivity contribution in [3.05, 3.63) is 52.1 Å². The second-order valence-electron chi connectivity index (χ2n) is 6.32. The lowest BCUT2D eigenvalue weighted by Gasteiger charge is -2.26. The number of hydrogen-bond donors (Lipinski definition) is 2. The number of rotatable bonds is 3. The van der Waals surface area contributed by atoms with Crippen molar-refractivity contribution in [3.63, 3.8) is 0 Å². The first-order valence-corrected chi connectivity index (χ1v) is 9.05. The lowest BCUT2D eigenvalue weighted by molar-refractivity contribution is 0.0866. The van der Waals surface area contributed by atoms with E-state index in [0.29, 0.717) is 5.56 Å². The summed E-state index contributed by atoms with van der Waals surface area (Å²) in [6, 6.07) is 11.8. The molecule has 5 heteroatoms. The summed E-state index contributed by atoms with van der Waals surface area (Å²) in [5.74, 6) is -0.0813. The molecule has 1 aliphatic rings. The van der Waals surface area contributed by atoms with Crippen LogP contribution in [0.1, 0.15) is 41.7 Å². The third-order valence-corrected chi connectivity index (χ3v) is 4.98. The summed E-state index contributed by atoms with van der Waals surface area (Å²) < 4.78 is 1.00. The number of amides is 1. The highest BCUT2D eigenvalue weighted by atomic mass is 79.9. The van der Waals surface area contributed by atoms with Crippen LogP contribution in [0.5, 0.6) is 0 Å². The van der Waals surface area contributed by atoms with Crippen molar-refractivity contribution in [1.29, 1.82) is 0 Å². The first-order chi connectivity index (χ1) is 11.5. The van der Waals surface area contributed by atoms with E-state index in [2.05, 4.69) is 26.2 Å². The standard InChI is InChI=1S/C19H21BrN2O2/c1-12-17(19(24)22-15-5-7-16(23)8-6-15)9-10-18(21-12)13-3-2-4-14(20)11-13/h2-4,9-11,15-16,23H,5-8H2,1H3,(H,22,24). The molecule has 1 fully saturated rings. The van der Waals surface area contributed by atoms with Gasteiger partial charge in [0.2, 0.25) is 0 Å². The Morgan fingerprint density at radius 1 is 1.21 bits per heavy atom. The molecule has 1 saturated carbocycles. The molecule has 0 spiro atoms. The van der Waals surface area contributed by atoms with Crippen LogP contribution in [0.15, 0.2) is 40.9 Å². The number of aromatic nitrogens is 1. The van der Waals surface area contributed by atoms with Gasteiger partial charge in [-0.05, 0) is 56.9 Å². The molecule has 24 heavy (non-hydrogen) atoms. The van der Waals surface area contributed by atoms with Crippen LogP contribution >= 0.6 is 15.9 Å². The zero-order valence-corrected chi connectivity index (χ0v) is 15.2. The van der Waals surface area contributed by atoms with Gasteiger partial charge in [-0.1, -0.05) is 28.1 Å². The molecule has 3 rings (SSSR count). The van der Waals surface area contributed by atoms with Gasteiger partial charge in [0.25, 0.3) is 5.91 Å². The maximum absolute atomic E-state index is 12.5. The largest absolute Gasteiger partial charge is 0.393 e. The number of aliphatic hydroxyl groups is 1. The van der Waals surface area contributed by atoms with E-state index in [4.69, 9.17) is 0 Å². The van der Waals surface area contributed by atoms with E-state index in [1.165, 1.54) is 0 Å². The van der Waals surface area contributed by atoms with Crippen molar-refractivity contribution in [2.24, 2.45) is 0 Å². The molecular formula is C19H21BrN2O2. The van der Waals surface area contributed by atoms with Crippen LogP contribution in [0.2, 0.25) is 0 Å². The summed E-state index contributed by atoms with van der Waals surface area (Å²) in [5.41, 5.74) is 3.20. The van der Waals surface area contributed by atoms with E-state index in [0.717, 1.165) is 47.1 Å². The van der Waals surface area contributed by atoms with E-state index >= 15 is 0 Å². The third kappa shape index (κ3) is 4.02. The van der Waals surface area contributed by atoms with Gasteiger partial charge >= 0.3 is 0 Å². The van der Waals surface area contributed by atoms with E-state index < -0.39 is 0 Å². The Bertz CT molecular complexity index is 740. The molecule has 0 aliphatic heterocycles. The van der Waals surface area contributed by atoms with Gasteiger partial charge in [0.1, 0.15) is 0 Å². The van der Waals surface area contributed by atoms with Crippen molar-refractivity contribution in [2.45, 2.75) is 44.8 Å². The average molecular weight is 389 g/mol. The molecule has 1 aromatic heterocycles. The summed E-state index contributed by atoms with van der Waals surface area (Å²) >= 11 is 3.47. The van der Waals surface area contributed by atoms with Gasteiger partial charge in [-0.2, -0.15) is 0 Å². The third-order valence-electron chi connectivity index (χ3n) is 4.48. The van der Waals surface area contributed by atoms with Gasteiger partial charge < -0.3 is 10.4 Å². The number of pyridine rings is 1. The van der Waals surface area contributed by atoms with Crippen molar-refractivity contribution in [2.75, 3.05) is 0 Å². The highest BCUT2D eigenvalue weighted by Crippen LogP contribution is 2.23. The van der Waals surface area contributed by atoms with Crippen molar-refractivity contribution in [3.8, 4) is 11.3 Å². The van der Waals surface area contributed by atoms with Crippen molar-refractivity contribution in [1.82, 2.24) is 10.3 Å². The number of hydrogen-bond acceptors (Lipinski definition) is 3. The Kier molecular flexibility index (Phi) is 5.31. The minimum Gasteiger partial charge on any atom is -0.393 e. The molecule has 4 nitrogen and oxygen atoms in total. The molecule has 1 aliphatic carbocycles. The molecule has 2 N–H and O–H groups in total. The minimum absolute atomic E-state index is 0.0813. The summed E-state index contributed by atoms with van der Waals surface area (Å²) in [6.07, 6.45) is 2.95. The number of nitrogens with zero attached hydrogens (tertiary/aromatic N) is 1. The summed E-state index contributed by atoms with van der Waals surface area (Å²) in [4.78, 5) is 17.1. The average Bonchev–Trinajstić information content (AvgIpc) is 2.56. The second kappa shape index (κ2) is 7.45. The normalized spacial score (nSPS) is 20.6. The van der Waals surface area contributed by atoms with Crippen LogP contribution in [0, 0.1) is 6.92 Å². The van der Waals surface area contributed by atoms with Gasteiger partial charge in [0.05, 0.1) is 23.1 Å². The van der Waals surface area contributed by atoms with E-state index in [-0.39, 0.29) is 18.1 Å². The highest BCUT2D eigenvalue weighted by Gasteiger charge is 2.22. The van der Waals surface area contributed by atoms with Crippen LogP contribution in [-0.2, 0) is 0 Å². The number of benzene rings is 1. The van der Waals surface area contributed by atoms with E-state index in [1.807, 2.05) is 43.3 Å². The summed E-state index contributed by atoms with van der Waals surface area (Å²) in [6.45, 7) is 1.86. The molecule has 0 saturated heterocycles. The van der Waals surface area contributed by atoms with Gasteiger partial charge in [0, 0.05) is 16.1 Å². The Morgan fingerprint density at radius 3 is 2.62 bits per heavy atom. The fourth-order valence-corrected chi connectivity index (χ4v) is 3.49. The maximum Gasteiger partial charge on any atom is 0.253 e. The Labute approximate surface area is 150 Å². The smallest absolute Gasteiger partial charge is 0.253 e. The molecule has 126 valence electrons. The minimum atomic E-state index is -0.217. The number of nitrogens with one attached hydrogen (secondary N) is 1. The van der Waals surface area contributed by atoms with Crippen LogP contribution in [0.25, 0.3) is 11.3 Å². The van der Waals surface area contributed by atoms with Gasteiger partial charge in [0.15, 0.2) is 0 Å². The van der Waals surface area contributed by atoms with Crippen LogP contribution < -0.4 is 5.32 Å². The van der Waals surface area contributed by atoms with Crippen LogP contribution in [-0.4, -0.2) is 28.1 Å². The quantitative estimate of drug-likeness (QED) is 0.838. The van der Waals surface area contributed by atoms with Crippen molar-refractivity contribution >= 4 is 21.8 Å². The topological polar surface area (TPSA) is 62.2 Å². The Morgan fingerprint density at radius 2 is 1.96 bits per heavy atom. The zero-order valence-electron chi connectivity index (χ0n) is 13.6. The highest BCUT2D eigenvalue weighted by molar-refractivity contribution is 9.10. The maximum atomic E-state index is 12.5. The van der Waals surface area contributed by atoms with Gasteiger partial charge in [-0.3, -0.25) is 9.78 Å². The van der Waals surface area contributed by atoms with Gasteiger partial charge in [-0.25, -0.2) is 0 Å². The molecule has 0 radical (unpaired) electrons. The number of carbonyl (C=O) groups is 1. The SMILES string of the molecule is Cc1nc(-c2cccc(Br)c2)ccc1C(=O)NC1CCC(O)CC1. The number of aryl methyl sites for hydroxylation is 1. The molecule has 0 unspecified atom stereocenters. The van der Waals surface area contributed by atoms with Gasteiger partial charge in [-0.15, -0.1) is 0 Å². The summed E-state index contributed by atoms with van der Waals surface area (Å²) in [7, 11) is 0. The lowest BCUT2D eigenvalue weighted by Crippen LogP contribution is -2.38. The summed E-state index contributed by atoms with van der Waals surface area (Å²) in [5, 5.41) is 12.6. The Balaban J connectivity index is 1.73. The molecule has 0 atom stereocenters. The molecule has 1 aromatic carbocycles. The lowest BCUT2D eigenvalue weighted by atomic mass is 9.93. The van der Waals surface area contributed by atoms with Crippen LogP contribution in [0.4, 0.5) is 0 Å². The number of aliphatic hydroxyl groups excluding tert-OH is 1. The molecule has 1 heterocycles. The fourth-order valence-electron chi connectivity index (χ4n) is 3.09. The zero-order chi connectivity index (χ0) is 17.1. The molecule has 1 amide bonds. The van der Waals surface area contributed by atoms with E-state index in [9.17, 15) is 9.90 Å². The first kappa shape index (κ1) is 17.1. The van der Waals surface area contributed by atoms with E-state index in [1.54, 1.807) is 0 Å². The number of halogens is 1. The second-order valence-corrected chi connectivity index (χ2v) is 7.23. The Hall–Kier alpha value is -1.72. The predicted molar refractivity (Wildman–Crippen MR) is 97.8 cm³/mol. The first-order valence-electron chi connectivity index (χ1n) is 8.25. The number of carbonyl (C=O) groups excluding carboxylic acids is 1. The van der Waals surface area contributed by atoms with Crippen molar-refractivity contribution < 1.29 is 9.90 Å². The molecule has 0 bridgehead atoms. The molecular weight excluding hydrogens is 368 g/mol. The monoisotopic (exact) mass is 388 g/mol. The van der Waals surface area contributed by atoms with Crippen LogP contribution in [0.3, 0.4) is 0 Å². The predicted octanol–water partition coefficient (Wildman–Crippen LogP) is 3.85. The fraction of sp³-hybridized carbons (Fsp3) is 0.368. The molecule has 2 aromatic rings.